The Morgan fingerprint density at radius 2 is 2.17 bits per heavy atom. The van der Waals surface area contributed by atoms with Crippen molar-refractivity contribution in [3.8, 4) is 0 Å². The van der Waals surface area contributed by atoms with Gasteiger partial charge in [-0.3, -0.25) is 0 Å². The molecule has 0 aliphatic heterocycles. The quantitative estimate of drug-likeness (QED) is 0.603. The maximum Gasteiger partial charge on any atom is 0.0415 e. The van der Waals surface area contributed by atoms with E-state index >= 15 is 0 Å². The van der Waals surface area contributed by atoms with Crippen molar-refractivity contribution in [1.29, 1.82) is 0 Å². The molecule has 1 unspecified atom stereocenters. The molecule has 1 aromatic heterocycles. The van der Waals surface area contributed by atoms with E-state index in [1.54, 1.807) is 10.4 Å². The van der Waals surface area contributed by atoms with Crippen molar-refractivity contribution in [2.24, 2.45) is 0 Å². The van der Waals surface area contributed by atoms with E-state index in [2.05, 4.69) is 31.9 Å². The second-order valence-corrected chi connectivity index (χ2v) is 6.66. The fraction of sp³-hybridized carbons (Fsp3) is 0.625. The molecule has 0 amide bonds. The van der Waals surface area contributed by atoms with E-state index in [4.69, 9.17) is 0 Å². The standard InChI is InChI=1S/C16H25NS/c1-12(2)9-10-14(17-3)16-11-13-7-5-4-6-8-15(13)18-16/h11,14,17H,1,4-10H2,2-3H3. The van der Waals surface area contributed by atoms with Crippen molar-refractivity contribution in [3.05, 3.63) is 33.5 Å². The molecule has 18 heavy (non-hydrogen) atoms. The van der Waals surface area contributed by atoms with Crippen LogP contribution >= 0.6 is 11.3 Å². The van der Waals surface area contributed by atoms with Crippen LogP contribution in [-0.2, 0) is 12.8 Å². The van der Waals surface area contributed by atoms with Crippen molar-refractivity contribution in [2.45, 2.75) is 57.9 Å². The number of thiophene rings is 1. The van der Waals surface area contributed by atoms with Gasteiger partial charge in [-0.05, 0) is 64.1 Å². The predicted molar refractivity (Wildman–Crippen MR) is 81.4 cm³/mol. The van der Waals surface area contributed by atoms with E-state index in [9.17, 15) is 0 Å². The Kier molecular flexibility index (Phi) is 5.02. The maximum atomic E-state index is 4.01. The second-order valence-electron chi connectivity index (χ2n) is 5.49. The first-order valence-electron chi connectivity index (χ1n) is 7.14. The maximum absolute atomic E-state index is 4.01. The highest BCUT2D eigenvalue weighted by Crippen LogP contribution is 2.34. The van der Waals surface area contributed by atoms with Gasteiger partial charge in [0.1, 0.15) is 0 Å². The van der Waals surface area contributed by atoms with Crippen LogP contribution in [0.15, 0.2) is 18.2 Å². The first-order chi connectivity index (χ1) is 8.70. The lowest BCUT2D eigenvalue weighted by molar-refractivity contribution is 0.556. The van der Waals surface area contributed by atoms with E-state index in [0.29, 0.717) is 6.04 Å². The van der Waals surface area contributed by atoms with Crippen molar-refractivity contribution >= 4 is 11.3 Å². The number of hydrogen-bond acceptors (Lipinski definition) is 2. The van der Waals surface area contributed by atoms with Crippen LogP contribution in [0.4, 0.5) is 0 Å². The molecule has 0 radical (unpaired) electrons. The second kappa shape index (κ2) is 6.53. The molecule has 0 aromatic carbocycles. The lowest BCUT2D eigenvalue weighted by Gasteiger charge is -2.14. The number of hydrogen-bond donors (Lipinski definition) is 1. The lowest BCUT2D eigenvalue weighted by atomic mass is 10.0. The molecule has 1 aliphatic carbocycles. The zero-order valence-corrected chi connectivity index (χ0v) is 12.5. The SMILES string of the molecule is C=C(C)CCC(NC)c1cc2c(s1)CCCCC2. The Bertz CT molecular complexity index is 382. The summed E-state index contributed by atoms with van der Waals surface area (Å²) in [6.45, 7) is 6.13. The Morgan fingerprint density at radius 3 is 2.89 bits per heavy atom. The van der Waals surface area contributed by atoms with Crippen LogP contribution in [-0.4, -0.2) is 7.05 Å². The highest BCUT2D eigenvalue weighted by Gasteiger charge is 2.17. The minimum absolute atomic E-state index is 0.513. The normalized spacial score (nSPS) is 17.0. The predicted octanol–water partition coefficient (Wildman–Crippen LogP) is 4.63. The highest BCUT2D eigenvalue weighted by molar-refractivity contribution is 7.12. The van der Waals surface area contributed by atoms with Crippen LogP contribution in [0.25, 0.3) is 0 Å². The monoisotopic (exact) mass is 263 g/mol. The molecule has 1 aliphatic rings. The summed E-state index contributed by atoms with van der Waals surface area (Å²) < 4.78 is 0. The summed E-state index contributed by atoms with van der Waals surface area (Å²) in [7, 11) is 2.08. The zero-order valence-electron chi connectivity index (χ0n) is 11.7. The Hall–Kier alpha value is -0.600. The van der Waals surface area contributed by atoms with Crippen molar-refractivity contribution in [3.63, 3.8) is 0 Å². The summed E-state index contributed by atoms with van der Waals surface area (Å²) >= 11 is 2.04. The molecule has 1 nitrogen and oxygen atoms in total. The average Bonchev–Trinajstić information content (AvgIpc) is 2.61. The fourth-order valence-corrected chi connectivity index (χ4v) is 4.08. The Morgan fingerprint density at radius 1 is 1.39 bits per heavy atom. The van der Waals surface area contributed by atoms with Gasteiger partial charge in [-0.2, -0.15) is 0 Å². The minimum atomic E-state index is 0.513. The topological polar surface area (TPSA) is 12.0 Å². The number of fused-ring (bicyclic) bond motifs is 1. The van der Waals surface area contributed by atoms with Gasteiger partial charge in [0.2, 0.25) is 0 Å². The van der Waals surface area contributed by atoms with Gasteiger partial charge in [0.25, 0.3) is 0 Å². The molecule has 0 bridgehead atoms. The molecule has 0 fully saturated rings. The largest absolute Gasteiger partial charge is 0.312 e. The molecule has 0 saturated carbocycles. The number of nitrogens with one attached hydrogen (secondary N) is 1. The Labute approximate surface area is 115 Å². The van der Waals surface area contributed by atoms with Crippen molar-refractivity contribution in [2.75, 3.05) is 7.05 Å². The van der Waals surface area contributed by atoms with E-state index in [-0.39, 0.29) is 0 Å². The number of aryl methyl sites for hydroxylation is 2. The molecule has 1 aromatic rings. The van der Waals surface area contributed by atoms with E-state index in [1.807, 2.05) is 11.3 Å². The van der Waals surface area contributed by atoms with Gasteiger partial charge >= 0.3 is 0 Å². The zero-order chi connectivity index (χ0) is 13.0. The molecule has 1 atom stereocenters. The molecular formula is C16H25NS. The third-order valence-electron chi connectivity index (χ3n) is 3.82. The average molecular weight is 263 g/mol. The van der Waals surface area contributed by atoms with Gasteiger partial charge in [-0.1, -0.05) is 12.0 Å². The van der Waals surface area contributed by atoms with Crippen LogP contribution < -0.4 is 5.32 Å². The molecule has 1 heterocycles. The van der Waals surface area contributed by atoms with Gasteiger partial charge < -0.3 is 5.32 Å². The lowest BCUT2D eigenvalue weighted by Crippen LogP contribution is -2.15. The van der Waals surface area contributed by atoms with Crippen LogP contribution in [0, 0.1) is 0 Å². The minimum Gasteiger partial charge on any atom is -0.312 e. The van der Waals surface area contributed by atoms with Crippen LogP contribution in [0.2, 0.25) is 0 Å². The highest BCUT2D eigenvalue weighted by atomic mass is 32.1. The number of rotatable bonds is 5. The fourth-order valence-electron chi connectivity index (χ4n) is 2.68. The molecule has 2 heteroatoms. The van der Waals surface area contributed by atoms with Crippen molar-refractivity contribution < 1.29 is 0 Å². The van der Waals surface area contributed by atoms with E-state index in [1.165, 1.54) is 49.0 Å². The summed E-state index contributed by atoms with van der Waals surface area (Å²) in [5, 5.41) is 3.47. The van der Waals surface area contributed by atoms with Gasteiger partial charge in [-0.25, -0.2) is 0 Å². The molecule has 0 saturated heterocycles. The van der Waals surface area contributed by atoms with E-state index in [0.717, 1.165) is 6.42 Å². The Balaban J connectivity index is 2.08. The van der Waals surface area contributed by atoms with Crippen molar-refractivity contribution in [1.82, 2.24) is 5.32 Å². The molecule has 1 N–H and O–H groups in total. The summed E-state index contributed by atoms with van der Waals surface area (Å²) in [6.07, 6.45) is 9.04. The molecular weight excluding hydrogens is 238 g/mol. The summed E-state index contributed by atoms with van der Waals surface area (Å²) in [4.78, 5) is 3.18. The first-order valence-corrected chi connectivity index (χ1v) is 7.95. The van der Waals surface area contributed by atoms with Crippen LogP contribution in [0.5, 0.6) is 0 Å². The molecule has 100 valence electrons. The van der Waals surface area contributed by atoms with Crippen LogP contribution in [0.3, 0.4) is 0 Å². The van der Waals surface area contributed by atoms with Gasteiger partial charge in [0, 0.05) is 15.8 Å². The smallest absolute Gasteiger partial charge is 0.0415 e. The van der Waals surface area contributed by atoms with Crippen LogP contribution in [0.1, 0.15) is 60.4 Å². The third kappa shape index (κ3) is 3.46. The molecule has 2 rings (SSSR count). The summed E-state index contributed by atoms with van der Waals surface area (Å²) in [5.74, 6) is 0. The molecule has 0 spiro atoms. The van der Waals surface area contributed by atoms with Gasteiger partial charge in [0.05, 0.1) is 0 Å². The van der Waals surface area contributed by atoms with E-state index < -0.39 is 0 Å². The first kappa shape index (κ1) is 13.8. The summed E-state index contributed by atoms with van der Waals surface area (Å²) in [5.41, 5.74) is 2.91. The third-order valence-corrected chi connectivity index (χ3v) is 5.17. The summed E-state index contributed by atoms with van der Waals surface area (Å²) in [6, 6.07) is 2.98. The van der Waals surface area contributed by atoms with Gasteiger partial charge in [-0.15, -0.1) is 17.9 Å². The number of allylic oxidation sites excluding steroid dienone is 1. The van der Waals surface area contributed by atoms with Gasteiger partial charge in [0.15, 0.2) is 0 Å².